The molecule has 1 aliphatic heterocycles. The van der Waals surface area contributed by atoms with Crippen LogP contribution in [0.4, 0.5) is 11.4 Å². The number of hydrogen-bond donors (Lipinski definition) is 2. The third kappa shape index (κ3) is 4.08. The highest BCUT2D eigenvalue weighted by atomic mass is 32.2. The van der Waals surface area contributed by atoms with Crippen molar-refractivity contribution in [2.75, 3.05) is 17.1 Å². The molecule has 8 heteroatoms. The molecular weight excluding hydrogens is 360 g/mol. The number of carbonyl (C=O) groups excluding carboxylic acids is 1. The molecule has 0 bridgehead atoms. The standard InChI is InChI=1S/C17H18N2O4S2/c1-11-8-17(20)18-15-10-14(6-7-16(15)24-11)25(21,22)19-12-4-3-5-13(9-12)23-2/h3-7,9-11,19H,8H2,1-2H3,(H,18,20)/t11-/m0/s1. The molecule has 2 aromatic rings. The molecule has 2 aromatic carbocycles. The third-order valence-corrected chi connectivity index (χ3v) is 6.22. The zero-order valence-corrected chi connectivity index (χ0v) is 15.4. The monoisotopic (exact) mass is 378 g/mol. The van der Waals surface area contributed by atoms with Gasteiger partial charge in [-0.05, 0) is 30.3 Å². The van der Waals surface area contributed by atoms with Gasteiger partial charge in [-0.25, -0.2) is 8.42 Å². The average molecular weight is 378 g/mol. The molecule has 25 heavy (non-hydrogen) atoms. The summed E-state index contributed by atoms with van der Waals surface area (Å²) in [6.45, 7) is 1.97. The van der Waals surface area contributed by atoms with Crippen LogP contribution in [0.1, 0.15) is 13.3 Å². The number of benzene rings is 2. The van der Waals surface area contributed by atoms with E-state index < -0.39 is 10.0 Å². The van der Waals surface area contributed by atoms with Gasteiger partial charge in [-0.1, -0.05) is 13.0 Å². The number of fused-ring (bicyclic) bond motifs is 1. The molecule has 1 heterocycles. The van der Waals surface area contributed by atoms with Crippen molar-refractivity contribution in [1.29, 1.82) is 0 Å². The maximum absolute atomic E-state index is 12.6. The van der Waals surface area contributed by atoms with Crippen molar-refractivity contribution in [1.82, 2.24) is 0 Å². The Bertz CT molecular complexity index is 913. The summed E-state index contributed by atoms with van der Waals surface area (Å²) >= 11 is 1.55. The van der Waals surface area contributed by atoms with Gasteiger partial charge in [-0.15, -0.1) is 11.8 Å². The van der Waals surface area contributed by atoms with Crippen LogP contribution in [-0.2, 0) is 14.8 Å². The lowest BCUT2D eigenvalue weighted by Gasteiger charge is -2.12. The summed E-state index contributed by atoms with van der Waals surface area (Å²) in [5.74, 6) is 0.439. The second-order valence-corrected chi connectivity index (χ2v) is 8.84. The van der Waals surface area contributed by atoms with Gasteiger partial charge in [-0.3, -0.25) is 9.52 Å². The first-order valence-corrected chi connectivity index (χ1v) is 10.0. The van der Waals surface area contributed by atoms with Crippen molar-refractivity contribution in [2.24, 2.45) is 0 Å². The fourth-order valence-electron chi connectivity index (χ4n) is 2.50. The zero-order chi connectivity index (χ0) is 18.0. The van der Waals surface area contributed by atoms with Gasteiger partial charge in [0.25, 0.3) is 10.0 Å². The van der Waals surface area contributed by atoms with Crippen molar-refractivity contribution in [3.05, 3.63) is 42.5 Å². The quantitative estimate of drug-likeness (QED) is 0.853. The lowest BCUT2D eigenvalue weighted by Crippen LogP contribution is -2.15. The molecule has 1 amide bonds. The van der Waals surface area contributed by atoms with E-state index in [1.165, 1.54) is 13.2 Å². The molecule has 0 fully saturated rings. The lowest BCUT2D eigenvalue weighted by molar-refractivity contribution is -0.116. The van der Waals surface area contributed by atoms with E-state index in [-0.39, 0.29) is 16.1 Å². The molecule has 0 spiro atoms. The smallest absolute Gasteiger partial charge is 0.261 e. The molecule has 1 atom stereocenters. The van der Waals surface area contributed by atoms with Gasteiger partial charge in [0.15, 0.2) is 0 Å². The summed E-state index contributed by atoms with van der Waals surface area (Å²) < 4.78 is 32.9. The minimum atomic E-state index is -3.78. The third-order valence-electron chi connectivity index (χ3n) is 3.66. The van der Waals surface area contributed by atoms with Crippen molar-refractivity contribution in [2.45, 2.75) is 28.4 Å². The predicted octanol–water partition coefficient (Wildman–Crippen LogP) is 3.32. The van der Waals surface area contributed by atoms with Crippen molar-refractivity contribution >= 4 is 39.1 Å². The maximum atomic E-state index is 12.6. The van der Waals surface area contributed by atoms with E-state index in [2.05, 4.69) is 10.0 Å². The molecule has 1 aliphatic rings. The number of thioether (sulfide) groups is 1. The Morgan fingerprint density at radius 3 is 2.80 bits per heavy atom. The Morgan fingerprint density at radius 2 is 2.04 bits per heavy atom. The van der Waals surface area contributed by atoms with E-state index >= 15 is 0 Å². The fourth-order valence-corrected chi connectivity index (χ4v) is 4.63. The second-order valence-electron chi connectivity index (χ2n) is 5.68. The molecule has 6 nitrogen and oxygen atoms in total. The second kappa shape index (κ2) is 6.97. The van der Waals surface area contributed by atoms with Crippen LogP contribution in [0, 0.1) is 0 Å². The SMILES string of the molecule is COc1cccc(NS(=O)(=O)c2ccc3c(c2)NC(=O)C[C@H](C)S3)c1. The Morgan fingerprint density at radius 1 is 1.24 bits per heavy atom. The van der Waals surface area contributed by atoms with Crippen LogP contribution in [-0.4, -0.2) is 26.7 Å². The van der Waals surface area contributed by atoms with Gasteiger partial charge in [0.2, 0.25) is 5.91 Å². The van der Waals surface area contributed by atoms with Crippen LogP contribution in [0.15, 0.2) is 52.3 Å². The number of ether oxygens (including phenoxy) is 1. The first kappa shape index (κ1) is 17.6. The number of amides is 1. The van der Waals surface area contributed by atoms with E-state index in [1.54, 1.807) is 48.2 Å². The Kier molecular flexibility index (Phi) is 4.91. The number of anilines is 2. The number of nitrogens with one attached hydrogen (secondary N) is 2. The number of sulfonamides is 1. The van der Waals surface area contributed by atoms with Crippen LogP contribution in [0.25, 0.3) is 0 Å². The van der Waals surface area contributed by atoms with Gasteiger partial charge >= 0.3 is 0 Å². The number of hydrogen-bond acceptors (Lipinski definition) is 5. The highest BCUT2D eigenvalue weighted by molar-refractivity contribution is 8.00. The molecule has 132 valence electrons. The minimum Gasteiger partial charge on any atom is -0.497 e. The molecule has 0 unspecified atom stereocenters. The lowest BCUT2D eigenvalue weighted by atomic mass is 10.3. The molecule has 2 N–H and O–H groups in total. The van der Waals surface area contributed by atoms with E-state index in [0.29, 0.717) is 23.5 Å². The highest BCUT2D eigenvalue weighted by Crippen LogP contribution is 2.36. The molecular formula is C17H18N2O4S2. The average Bonchev–Trinajstić information content (AvgIpc) is 2.70. The van der Waals surface area contributed by atoms with Gasteiger partial charge < -0.3 is 10.1 Å². The van der Waals surface area contributed by atoms with E-state index in [0.717, 1.165) is 4.90 Å². The van der Waals surface area contributed by atoms with E-state index in [4.69, 9.17) is 4.74 Å². The van der Waals surface area contributed by atoms with Crippen LogP contribution >= 0.6 is 11.8 Å². The van der Waals surface area contributed by atoms with Crippen LogP contribution in [0.5, 0.6) is 5.75 Å². The normalized spacial score (nSPS) is 17.2. The fraction of sp³-hybridized carbons (Fsp3) is 0.235. The summed E-state index contributed by atoms with van der Waals surface area (Å²) in [5, 5.41) is 2.91. The first-order chi connectivity index (χ1) is 11.9. The van der Waals surface area contributed by atoms with Gasteiger partial charge in [0.05, 0.1) is 23.4 Å². The maximum Gasteiger partial charge on any atom is 0.261 e. The van der Waals surface area contributed by atoms with Crippen LogP contribution in [0.3, 0.4) is 0 Å². The Labute approximate surface area is 151 Å². The van der Waals surface area contributed by atoms with E-state index in [9.17, 15) is 13.2 Å². The summed E-state index contributed by atoms with van der Waals surface area (Å²) in [6.07, 6.45) is 0.392. The van der Waals surface area contributed by atoms with Crippen molar-refractivity contribution in [3.63, 3.8) is 0 Å². The highest BCUT2D eigenvalue weighted by Gasteiger charge is 2.22. The van der Waals surface area contributed by atoms with Crippen LogP contribution < -0.4 is 14.8 Å². The summed E-state index contributed by atoms with van der Waals surface area (Å²) in [6, 6.07) is 11.4. The van der Waals surface area contributed by atoms with Crippen molar-refractivity contribution < 1.29 is 17.9 Å². The number of rotatable bonds is 4. The Balaban J connectivity index is 1.91. The Hall–Kier alpha value is -2.19. The first-order valence-electron chi connectivity index (χ1n) is 7.65. The topological polar surface area (TPSA) is 84.5 Å². The van der Waals surface area contributed by atoms with Gasteiger partial charge in [0, 0.05) is 22.6 Å². The zero-order valence-electron chi connectivity index (χ0n) is 13.8. The summed E-state index contributed by atoms with van der Waals surface area (Å²) in [5.41, 5.74) is 0.925. The molecule has 0 aliphatic carbocycles. The minimum absolute atomic E-state index is 0.0875. The van der Waals surface area contributed by atoms with Gasteiger partial charge in [0.1, 0.15) is 5.75 Å². The van der Waals surface area contributed by atoms with Crippen LogP contribution in [0.2, 0.25) is 0 Å². The summed E-state index contributed by atoms with van der Waals surface area (Å²) in [4.78, 5) is 12.8. The molecule has 0 radical (unpaired) electrons. The number of methoxy groups -OCH3 is 1. The molecule has 0 saturated carbocycles. The molecule has 0 aromatic heterocycles. The molecule has 0 saturated heterocycles. The van der Waals surface area contributed by atoms with Crippen molar-refractivity contribution in [3.8, 4) is 5.75 Å². The van der Waals surface area contributed by atoms with E-state index in [1.807, 2.05) is 6.92 Å². The van der Waals surface area contributed by atoms with Gasteiger partial charge in [-0.2, -0.15) is 0 Å². The number of carbonyl (C=O) groups is 1. The summed E-state index contributed by atoms with van der Waals surface area (Å²) in [7, 11) is -2.27. The predicted molar refractivity (Wildman–Crippen MR) is 98.8 cm³/mol. The largest absolute Gasteiger partial charge is 0.497 e. The molecule has 3 rings (SSSR count).